The van der Waals surface area contributed by atoms with E-state index in [-0.39, 0.29) is 0 Å². The Morgan fingerprint density at radius 3 is 1.62 bits per heavy atom. The minimum Gasteiger partial charge on any atom is -0.309 e. The first kappa shape index (κ1) is 35.0. The van der Waals surface area contributed by atoms with Gasteiger partial charge in [-0.1, -0.05) is 140 Å². The van der Waals surface area contributed by atoms with Gasteiger partial charge in [0.1, 0.15) is 0 Å². The van der Waals surface area contributed by atoms with Gasteiger partial charge in [-0.05, 0) is 117 Å². The van der Waals surface area contributed by atoms with Crippen LogP contribution < -0.4 is 0 Å². The third kappa shape index (κ3) is 5.09. The minimum absolute atomic E-state index is 0.633. The Labute approximate surface area is 367 Å². The maximum absolute atomic E-state index is 5.11. The van der Waals surface area contributed by atoms with Crippen LogP contribution in [0.2, 0.25) is 0 Å². The summed E-state index contributed by atoms with van der Waals surface area (Å²) in [7, 11) is 0. The van der Waals surface area contributed by atoms with Crippen molar-refractivity contribution >= 4 is 65.2 Å². The van der Waals surface area contributed by atoms with E-state index < -0.39 is 0 Å². The molecule has 0 N–H and O–H groups in total. The first-order chi connectivity index (χ1) is 31.7. The zero-order chi connectivity index (χ0) is 41.9. The van der Waals surface area contributed by atoms with Crippen LogP contribution in [0.5, 0.6) is 0 Å². The van der Waals surface area contributed by atoms with Crippen LogP contribution >= 0.6 is 0 Å². The van der Waals surface area contributed by atoms with Gasteiger partial charge in [0.2, 0.25) is 0 Å². The van der Waals surface area contributed by atoms with E-state index in [0.717, 1.165) is 33.5 Å². The van der Waals surface area contributed by atoms with Gasteiger partial charge >= 0.3 is 0 Å². The lowest BCUT2D eigenvalue weighted by Gasteiger charge is -2.15. The highest BCUT2D eigenvalue weighted by Crippen LogP contribution is 2.51. The summed E-state index contributed by atoms with van der Waals surface area (Å²) in [4.78, 5) is 15.2. The maximum atomic E-state index is 5.11. The van der Waals surface area contributed by atoms with E-state index in [9.17, 15) is 0 Å². The second kappa shape index (κ2) is 13.4. The number of aromatic nitrogens is 5. The SMILES string of the molecule is c1ccc(-c2nc(-c3ccc(-n4c5cccc6c5c5c7c(cccc7ccc54)-c4cc5c7ccccc7n(-c7ccccc7)c5cc4-6)cc3)nc(-c3ccc4ccccc4c3)n2)cc1. The van der Waals surface area contributed by atoms with E-state index in [2.05, 4.69) is 203 Å². The lowest BCUT2D eigenvalue weighted by atomic mass is 9.91. The topological polar surface area (TPSA) is 48.5 Å². The summed E-state index contributed by atoms with van der Waals surface area (Å²) >= 11 is 0. The maximum Gasteiger partial charge on any atom is 0.164 e. The number of hydrogen-bond donors (Lipinski definition) is 0. The van der Waals surface area contributed by atoms with Crippen molar-refractivity contribution in [3.8, 4) is 67.8 Å². The number of benzene rings is 10. The van der Waals surface area contributed by atoms with Crippen molar-refractivity contribution in [3.05, 3.63) is 212 Å². The number of para-hydroxylation sites is 2. The van der Waals surface area contributed by atoms with Crippen molar-refractivity contribution in [1.29, 1.82) is 0 Å². The number of hydrogen-bond acceptors (Lipinski definition) is 3. The standard InChI is InChI=1S/C59H35N5/c1-3-14-38(15-4-1)57-60-58(62-59(61-57)41-26-25-36-13-7-8-16-40(36)33-41)39-27-30-43(31-28-39)64-51-24-12-22-46-48-35-53-49(44-20-9-10-23-50(44)63(53)42-18-5-2-6-19-42)34-47(48)45-21-11-17-37-29-32-52(64)56(54(37)45)55(46)51/h1-35H. The van der Waals surface area contributed by atoms with Crippen LogP contribution in [-0.4, -0.2) is 24.1 Å². The molecular weight excluding hydrogens is 779 g/mol. The van der Waals surface area contributed by atoms with Gasteiger partial charge in [-0.3, -0.25) is 0 Å². The van der Waals surface area contributed by atoms with Crippen LogP contribution in [0, 0.1) is 0 Å². The molecule has 0 fully saturated rings. The highest BCUT2D eigenvalue weighted by molar-refractivity contribution is 6.31. The predicted octanol–water partition coefficient (Wildman–Crippen LogP) is 15.0. The molecule has 0 saturated carbocycles. The van der Waals surface area contributed by atoms with Crippen molar-refractivity contribution < 1.29 is 0 Å². The van der Waals surface area contributed by atoms with Gasteiger partial charge in [0.25, 0.3) is 0 Å². The average Bonchev–Trinajstić information content (AvgIpc) is 3.84. The molecule has 10 aromatic carbocycles. The van der Waals surface area contributed by atoms with Crippen molar-refractivity contribution in [1.82, 2.24) is 24.1 Å². The molecule has 3 aromatic heterocycles. The first-order valence-electron chi connectivity index (χ1n) is 21.8. The van der Waals surface area contributed by atoms with Gasteiger partial charge in [0, 0.05) is 49.6 Å². The Morgan fingerprint density at radius 2 is 0.812 bits per heavy atom. The van der Waals surface area contributed by atoms with Gasteiger partial charge in [-0.15, -0.1) is 0 Å². The van der Waals surface area contributed by atoms with Gasteiger partial charge in [-0.25, -0.2) is 15.0 Å². The van der Waals surface area contributed by atoms with Crippen molar-refractivity contribution in [2.75, 3.05) is 0 Å². The van der Waals surface area contributed by atoms with E-state index in [4.69, 9.17) is 15.0 Å². The number of rotatable bonds is 5. The molecule has 14 rings (SSSR count). The average molecular weight is 814 g/mol. The fourth-order valence-electron chi connectivity index (χ4n) is 10.4. The summed E-state index contributed by atoms with van der Waals surface area (Å²) in [6, 6.07) is 76.3. The van der Waals surface area contributed by atoms with E-state index in [1.807, 2.05) is 18.2 Å². The van der Waals surface area contributed by atoms with Gasteiger partial charge < -0.3 is 9.13 Å². The van der Waals surface area contributed by atoms with Crippen LogP contribution in [0.3, 0.4) is 0 Å². The second-order valence-corrected chi connectivity index (χ2v) is 16.8. The minimum atomic E-state index is 0.633. The molecule has 0 radical (unpaired) electrons. The molecule has 3 heterocycles. The molecule has 5 nitrogen and oxygen atoms in total. The molecule has 0 atom stereocenters. The lowest BCUT2D eigenvalue weighted by molar-refractivity contribution is 1.07. The number of nitrogens with zero attached hydrogens (tertiary/aromatic N) is 5. The summed E-state index contributed by atoms with van der Waals surface area (Å²) in [5.41, 5.74) is 14.8. The molecule has 1 aliphatic rings. The largest absolute Gasteiger partial charge is 0.309 e. The highest BCUT2D eigenvalue weighted by Gasteiger charge is 2.27. The zero-order valence-electron chi connectivity index (χ0n) is 34.4. The third-order valence-corrected chi connectivity index (χ3v) is 13.3. The van der Waals surface area contributed by atoms with E-state index in [0.29, 0.717) is 17.5 Å². The third-order valence-electron chi connectivity index (χ3n) is 13.3. The molecule has 0 bridgehead atoms. The Hall–Kier alpha value is -8.67. The molecule has 0 aliphatic heterocycles. The Bertz CT molecular complexity index is 4050. The summed E-state index contributed by atoms with van der Waals surface area (Å²) in [5, 5.41) is 9.91. The first-order valence-corrected chi connectivity index (χ1v) is 21.8. The molecule has 13 aromatic rings. The van der Waals surface area contributed by atoms with E-state index in [1.165, 1.54) is 82.0 Å². The molecule has 1 aliphatic carbocycles. The quantitative estimate of drug-likeness (QED) is 0.174. The fourth-order valence-corrected chi connectivity index (χ4v) is 10.4. The van der Waals surface area contributed by atoms with Gasteiger partial charge in [-0.2, -0.15) is 0 Å². The van der Waals surface area contributed by atoms with Crippen LogP contribution in [0.4, 0.5) is 0 Å². The molecule has 0 spiro atoms. The van der Waals surface area contributed by atoms with Crippen LogP contribution in [0.25, 0.3) is 133 Å². The molecular formula is C59H35N5. The van der Waals surface area contributed by atoms with Crippen LogP contribution in [0.1, 0.15) is 0 Å². The second-order valence-electron chi connectivity index (χ2n) is 16.8. The molecule has 64 heavy (non-hydrogen) atoms. The van der Waals surface area contributed by atoms with Gasteiger partial charge in [0.15, 0.2) is 17.5 Å². The molecule has 296 valence electrons. The highest BCUT2D eigenvalue weighted by atomic mass is 15.0. The monoisotopic (exact) mass is 813 g/mol. The number of fused-ring (bicyclic) bond motifs is 7. The Morgan fingerprint density at radius 1 is 0.266 bits per heavy atom. The summed E-state index contributed by atoms with van der Waals surface area (Å²) in [5.74, 6) is 1.92. The molecule has 0 unspecified atom stereocenters. The van der Waals surface area contributed by atoms with Crippen LogP contribution in [0.15, 0.2) is 212 Å². The van der Waals surface area contributed by atoms with Gasteiger partial charge in [0.05, 0.1) is 22.1 Å². The molecule has 0 saturated heterocycles. The smallest absolute Gasteiger partial charge is 0.164 e. The summed E-state index contributed by atoms with van der Waals surface area (Å²) < 4.78 is 4.86. The van der Waals surface area contributed by atoms with Crippen molar-refractivity contribution in [2.45, 2.75) is 0 Å². The van der Waals surface area contributed by atoms with E-state index in [1.54, 1.807) is 0 Å². The van der Waals surface area contributed by atoms with Crippen molar-refractivity contribution in [2.24, 2.45) is 0 Å². The van der Waals surface area contributed by atoms with Crippen LogP contribution in [-0.2, 0) is 0 Å². The van der Waals surface area contributed by atoms with E-state index >= 15 is 0 Å². The lowest BCUT2D eigenvalue weighted by Crippen LogP contribution is -2.00. The molecule has 5 heteroatoms. The van der Waals surface area contributed by atoms with Crippen molar-refractivity contribution in [3.63, 3.8) is 0 Å². The summed E-state index contributed by atoms with van der Waals surface area (Å²) in [6.45, 7) is 0. The summed E-state index contributed by atoms with van der Waals surface area (Å²) in [6.07, 6.45) is 0. The normalized spacial score (nSPS) is 12.1. The fraction of sp³-hybridized carbons (Fsp3) is 0. The molecule has 0 amide bonds. The predicted molar refractivity (Wildman–Crippen MR) is 264 cm³/mol. The Kier molecular flexibility index (Phi) is 7.33. The zero-order valence-corrected chi connectivity index (χ0v) is 34.4. The Balaban J connectivity index is 0.969.